The Morgan fingerprint density at radius 2 is 1.83 bits per heavy atom. The Balaban J connectivity index is 1.56. The summed E-state index contributed by atoms with van der Waals surface area (Å²) in [4.78, 5) is 43.8. The molecule has 36 heavy (non-hydrogen) atoms. The average Bonchev–Trinajstić information content (AvgIpc) is 3.20. The molecule has 184 valence electrons. The van der Waals surface area contributed by atoms with Crippen LogP contribution in [-0.4, -0.2) is 32.4 Å². The van der Waals surface area contributed by atoms with Gasteiger partial charge in [0, 0.05) is 35.1 Å². The summed E-state index contributed by atoms with van der Waals surface area (Å²) in [6.07, 6.45) is 3.92. The van der Waals surface area contributed by atoms with E-state index in [2.05, 4.69) is 10.3 Å². The van der Waals surface area contributed by atoms with Crippen LogP contribution >= 0.6 is 0 Å². The summed E-state index contributed by atoms with van der Waals surface area (Å²) < 4.78 is 1.57. The number of nitrogens with zero attached hydrogens (tertiary/aromatic N) is 2. The maximum absolute atomic E-state index is 13.7. The number of carbonyl (C=O) groups is 3. The van der Waals surface area contributed by atoms with Crippen molar-refractivity contribution in [3.8, 4) is 0 Å². The number of nitrogens with one attached hydrogen (secondary N) is 1. The lowest BCUT2D eigenvalue weighted by Gasteiger charge is -2.41. The van der Waals surface area contributed by atoms with Gasteiger partial charge in [-0.15, -0.1) is 0 Å². The van der Waals surface area contributed by atoms with Gasteiger partial charge in [-0.2, -0.15) is 0 Å². The second kappa shape index (κ2) is 9.11. The molecule has 4 N–H and O–H groups in total. The summed E-state index contributed by atoms with van der Waals surface area (Å²) in [7, 11) is 1.66. The number of para-hydroxylation sites is 1. The predicted octanol–water partition coefficient (Wildman–Crippen LogP) is 3.65. The van der Waals surface area contributed by atoms with E-state index in [0.29, 0.717) is 41.4 Å². The molecule has 8 heteroatoms. The van der Waals surface area contributed by atoms with Crippen molar-refractivity contribution in [3.63, 3.8) is 0 Å². The monoisotopic (exact) mass is 484 g/mol. The number of carboxylic acids is 1. The first-order valence-electron chi connectivity index (χ1n) is 12.1. The van der Waals surface area contributed by atoms with Gasteiger partial charge in [-0.1, -0.05) is 55.3 Å². The van der Waals surface area contributed by atoms with Gasteiger partial charge in [0.2, 0.25) is 11.8 Å². The highest BCUT2D eigenvalue weighted by atomic mass is 16.4. The molecular formula is C28H28N4O4. The number of hydrogen-bond donors (Lipinski definition) is 3. The number of primary amides is 1. The molecule has 0 radical (unpaired) electrons. The zero-order chi connectivity index (χ0) is 25.4. The summed E-state index contributed by atoms with van der Waals surface area (Å²) in [6, 6.07) is 17.0. The summed E-state index contributed by atoms with van der Waals surface area (Å²) in [5.74, 6) is -2.96. The first kappa shape index (κ1) is 23.5. The Hall–Kier alpha value is -4.20. The lowest BCUT2D eigenvalue weighted by molar-refractivity contribution is -0.137. The van der Waals surface area contributed by atoms with Crippen LogP contribution in [0.5, 0.6) is 0 Å². The predicted molar refractivity (Wildman–Crippen MR) is 136 cm³/mol. The molecule has 4 aromatic rings. The minimum absolute atomic E-state index is 0.00843. The van der Waals surface area contributed by atoms with Crippen LogP contribution in [0.3, 0.4) is 0 Å². The number of pyridine rings is 1. The standard InChI is InChI=1S/C28H28N4O4/c1-32-22-12-5-4-10-20(22)23(24(32)26(34)35)28(27(29)36)13-7-6-11-21(28)25(33)31-16-19-14-17-8-2-3-9-18(17)15-30-19/h2-5,8-10,12,14-15,21H,6-7,11,13,16H2,1H3,(H2,29,36)(H,31,33)(H,34,35)/t21-,28-/m0/s1. The van der Waals surface area contributed by atoms with Crippen molar-refractivity contribution in [3.05, 3.63) is 77.7 Å². The second-order valence-corrected chi connectivity index (χ2v) is 9.48. The van der Waals surface area contributed by atoms with Crippen LogP contribution in [0.15, 0.2) is 60.8 Å². The normalized spacial score (nSPS) is 19.9. The smallest absolute Gasteiger partial charge is 0.352 e. The van der Waals surface area contributed by atoms with E-state index in [1.165, 1.54) is 0 Å². The molecule has 0 unspecified atom stereocenters. The molecular weight excluding hydrogens is 456 g/mol. The maximum Gasteiger partial charge on any atom is 0.352 e. The van der Waals surface area contributed by atoms with Crippen molar-refractivity contribution in [1.82, 2.24) is 14.9 Å². The number of aromatic nitrogens is 2. The molecule has 2 aromatic heterocycles. The number of benzene rings is 2. The molecule has 1 fully saturated rings. The number of hydrogen-bond acceptors (Lipinski definition) is 4. The minimum atomic E-state index is -1.44. The minimum Gasteiger partial charge on any atom is -0.477 e. The number of carbonyl (C=O) groups excluding carboxylic acids is 2. The molecule has 1 aliphatic carbocycles. The van der Waals surface area contributed by atoms with E-state index >= 15 is 0 Å². The van der Waals surface area contributed by atoms with Gasteiger partial charge < -0.3 is 20.7 Å². The van der Waals surface area contributed by atoms with Gasteiger partial charge in [-0.3, -0.25) is 14.6 Å². The molecule has 1 saturated carbocycles. The van der Waals surface area contributed by atoms with Crippen LogP contribution < -0.4 is 11.1 Å². The van der Waals surface area contributed by atoms with Crippen molar-refractivity contribution in [2.75, 3.05) is 0 Å². The van der Waals surface area contributed by atoms with Gasteiger partial charge in [0.05, 0.1) is 23.6 Å². The lowest BCUT2D eigenvalue weighted by Crippen LogP contribution is -2.54. The van der Waals surface area contributed by atoms with Gasteiger partial charge in [0.1, 0.15) is 5.69 Å². The van der Waals surface area contributed by atoms with E-state index in [1.807, 2.05) is 42.5 Å². The fraction of sp³-hybridized carbons (Fsp3) is 0.286. The van der Waals surface area contributed by atoms with Crippen molar-refractivity contribution in [1.29, 1.82) is 0 Å². The largest absolute Gasteiger partial charge is 0.477 e. The molecule has 0 bridgehead atoms. The number of nitrogens with two attached hydrogens (primary N) is 1. The SMILES string of the molecule is Cn1c(C(=O)O)c([C@]2(C(N)=O)CCCC[C@H]2C(=O)NCc2cc3ccccc3cn2)c2ccccc21. The number of carboxylic acid groups (broad SMARTS) is 1. The number of aromatic carboxylic acids is 1. The van der Waals surface area contributed by atoms with E-state index in [1.54, 1.807) is 29.9 Å². The van der Waals surface area contributed by atoms with Crippen molar-refractivity contribution in [2.24, 2.45) is 18.7 Å². The summed E-state index contributed by atoms with van der Waals surface area (Å²) in [5, 5.41) is 15.8. The Bertz CT molecular complexity index is 1510. The number of amides is 2. The van der Waals surface area contributed by atoms with Crippen LogP contribution in [0.4, 0.5) is 0 Å². The van der Waals surface area contributed by atoms with Crippen LogP contribution in [-0.2, 0) is 28.6 Å². The van der Waals surface area contributed by atoms with E-state index in [-0.39, 0.29) is 18.1 Å². The fourth-order valence-corrected chi connectivity index (χ4v) is 5.87. The van der Waals surface area contributed by atoms with Gasteiger partial charge in [0.25, 0.3) is 0 Å². The van der Waals surface area contributed by atoms with E-state index < -0.39 is 23.2 Å². The first-order chi connectivity index (χ1) is 17.3. The van der Waals surface area contributed by atoms with E-state index in [0.717, 1.165) is 17.2 Å². The molecule has 0 spiro atoms. The summed E-state index contributed by atoms with van der Waals surface area (Å²) in [5.41, 5.74) is 6.33. The van der Waals surface area contributed by atoms with Crippen LogP contribution in [0, 0.1) is 5.92 Å². The number of rotatable bonds is 6. The molecule has 0 aliphatic heterocycles. The van der Waals surface area contributed by atoms with Gasteiger partial charge in [-0.25, -0.2) is 4.79 Å². The molecule has 0 saturated heterocycles. The second-order valence-electron chi connectivity index (χ2n) is 9.48. The van der Waals surface area contributed by atoms with Crippen molar-refractivity contribution >= 4 is 39.5 Å². The van der Waals surface area contributed by atoms with Crippen LogP contribution in [0.25, 0.3) is 21.7 Å². The molecule has 5 rings (SSSR count). The highest BCUT2D eigenvalue weighted by molar-refractivity contribution is 6.06. The third-order valence-corrected chi connectivity index (χ3v) is 7.55. The van der Waals surface area contributed by atoms with Gasteiger partial charge >= 0.3 is 5.97 Å². The summed E-state index contributed by atoms with van der Waals surface area (Å²) >= 11 is 0. The number of aryl methyl sites for hydroxylation is 1. The average molecular weight is 485 g/mol. The lowest BCUT2D eigenvalue weighted by atomic mass is 9.60. The highest BCUT2D eigenvalue weighted by Gasteiger charge is 2.53. The molecule has 2 amide bonds. The van der Waals surface area contributed by atoms with Gasteiger partial charge in [0.15, 0.2) is 0 Å². The first-order valence-corrected chi connectivity index (χ1v) is 12.1. The summed E-state index contributed by atoms with van der Waals surface area (Å²) in [6.45, 7) is 0.191. The topological polar surface area (TPSA) is 127 Å². The quantitative estimate of drug-likeness (QED) is 0.385. The zero-order valence-electron chi connectivity index (χ0n) is 20.0. The van der Waals surface area contributed by atoms with Crippen molar-refractivity contribution < 1.29 is 19.5 Å². The molecule has 8 nitrogen and oxygen atoms in total. The Kier molecular flexibility index (Phi) is 5.96. The Morgan fingerprint density at radius 1 is 1.11 bits per heavy atom. The van der Waals surface area contributed by atoms with Crippen molar-refractivity contribution in [2.45, 2.75) is 37.6 Å². The number of fused-ring (bicyclic) bond motifs is 2. The Labute approximate surface area is 208 Å². The highest BCUT2D eigenvalue weighted by Crippen LogP contribution is 2.48. The van der Waals surface area contributed by atoms with Crippen LogP contribution in [0.1, 0.15) is 47.4 Å². The zero-order valence-corrected chi connectivity index (χ0v) is 20.0. The fourth-order valence-electron chi connectivity index (χ4n) is 5.87. The Morgan fingerprint density at radius 3 is 2.58 bits per heavy atom. The van der Waals surface area contributed by atoms with Gasteiger partial charge in [-0.05, 0) is 30.4 Å². The van der Waals surface area contributed by atoms with E-state index in [9.17, 15) is 19.5 Å². The maximum atomic E-state index is 13.7. The van der Waals surface area contributed by atoms with E-state index in [4.69, 9.17) is 5.73 Å². The third kappa shape index (κ3) is 3.69. The van der Waals surface area contributed by atoms with Crippen LogP contribution in [0.2, 0.25) is 0 Å². The molecule has 2 heterocycles. The molecule has 2 aromatic carbocycles. The third-order valence-electron chi connectivity index (χ3n) is 7.55. The molecule has 1 aliphatic rings. The molecule has 2 atom stereocenters.